The van der Waals surface area contributed by atoms with Crippen LogP contribution in [0.4, 0.5) is 0 Å². The van der Waals surface area contributed by atoms with Crippen molar-refractivity contribution in [3.63, 3.8) is 0 Å². The largest absolute Gasteiger partial charge is 3.00 e. The third-order valence-corrected chi connectivity index (χ3v) is 6.05. The van der Waals surface area contributed by atoms with Crippen molar-refractivity contribution in [3.05, 3.63) is 0 Å². The van der Waals surface area contributed by atoms with Crippen LogP contribution in [0.1, 0.15) is 13.8 Å². The molecule has 0 aromatic rings. The predicted molar refractivity (Wildman–Crippen MR) is 112 cm³/mol. The molecular weight excluding hydrogens is 610 g/mol. The van der Waals surface area contributed by atoms with Gasteiger partial charge in [0.05, 0.1) is 43.3 Å². The first-order valence-electron chi connectivity index (χ1n) is 11.4. The summed E-state index contributed by atoms with van der Waals surface area (Å²) in [6.07, 6.45) is -0.864. The number of rotatable bonds is 7. The Morgan fingerprint density at radius 2 is 1.09 bits per heavy atom. The van der Waals surface area contributed by atoms with E-state index in [-0.39, 0.29) is 99.0 Å². The van der Waals surface area contributed by atoms with Gasteiger partial charge in [-0.1, -0.05) is 0 Å². The van der Waals surface area contributed by atoms with E-state index < -0.39 is 35.8 Å². The van der Waals surface area contributed by atoms with Crippen LogP contribution in [-0.4, -0.2) is 146 Å². The van der Waals surface area contributed by atoms with Crippen molar-refractivity contribution >= 4 is 17.9 Å². The average Bonchev–Trinajstić information content (AvgIpc) is 2.85. The number of aliphatic carboxylic acids is 3. The molecule has 2 unspecified atom stereocenters. The number of hydrogen-bond acceptors (Lipinski definition) is 13. The van der Waals surface area contributed by atoms with Crippen molar-refractivity contribution in [2.75, 3.05) is 85.2 Å². The topological polar surface area (TPSA) is 172 Å². The summed E-state index contributed by atoms with van der Waals surface area (Å²) in [5, 5.41) is 44.4. The van der Waals surface area contributed by atoms with E-state index in [0.29, 0.717) is 26.2 Å². The molecule has 201 valence electrons. The molecule has 2 heterocycles. The second-order valence-corrected chi connectivity index (χ2v) is 9.14. The number of hydrogen-bond donors (Lipinski definition) is 1. The molecule has 0 saturated carbocycles. The molecule has 35 heavy (non-hydrogen) atoms. The molecule has 13 nitrogen and oxygen atoms in total. The maximum Gasteiger partial charge on any atom is 3.00 e. The van der Waals surface area contributed by atoms with E-state index in [4.69, 9.17) is 9.47 Å². The maximum absolute atomic E-state index is 11.3. The second-order valence-electron chi connectivity index (χ2n) is 9.14. The summed E-state index contributed by atoms with van der Waals surface area (Å²) in [5.41, 5.74) is 0. The number of carboxylic acids is 3. The summed E-state index contributed by atoms with van der Waals surface area (Å²) >= 11 is 0. The van der Waals surface area contributed by atoms with Gasteiger partial charge in [0.1, 0.15) is 0 Å². The first-order chi connectivity index (χ1) is 15.9. The van der Waals surface area contributed by atoms with Gasteiger partial charge in [0.25, 0.3) is 0 Å². The molecule has 1 N–H and O–H groups in total. The molecule has 0 spiro atoms. The zero-order chi connectivity index (χ0) is 25.3. The van der Waals surface area contributed by atoms with E-state index in [1.807, 2.05) is 4.90 Å². The van der Waals surface area contributed by atoms with Gasteiger partial charge in [-0.3, -0.25) is 19.6 Å². The number of carbonyl (C=O) groups is 3. The van der Waals surface area contributed by atoms with E-state index in [1.54, 1.807) is 28.5 Å². The summed E-state index contributed by atoms with van der Waals surface area (Å²) in [6, 6.07) is -0.450. The van der Waals surface area contributed by atoms with Crippen molar-refractivity contribution < 1.29 is 84.2 Å². The number of nitrogens with zero attached hydrogens (tertiary/aromatic N) is 4. The fraction of sp³-hybridized carbons (Fsp3) is 0.857. The van der Waals surface area contributed by atoms with Crippen molar-refractivity contribution in [1.82, 2.24) is 19.6 Å². The van der Waals surface area contributed by atoms with Crippen molar-refractivity contribution in [3.8, 4) is 0 Å². The fourth-order valence-corrected chi connectivity index (χ4v) is 4.09. The van der Waals surface area contributed by atoms with Gasteiger partial charge in [-0.25, -0.2) is 0 Å². The quantitative estimate of drug-likeness (QED) is 0.278. The van der Waals surface area contributed by atoms with Gasteiger partial charge < -0.3 is 44.3 Å². The molecule has 2 fully saturated rings. The fourth-order valence-electron chi connectivity index (χ4n) is 4.09. The molecule has 0 amide bonds. The molecule has 2 aliphatic heterocycles. The molecule has 0 bridgehead atoms. The van der Waals surface area contributed by atoms with Crippen LogP contribution in [0.5, 0.6) is 0 Å². The van der Waals surface area contributed by atoms with Gasteiger partial charge >= 0.3 is 39.9 Å². The first-order valence-corrected chi connectivity index (χ1v) is 11.4. The Labute approximate surface area is 237 Å². The molecular formula is C21H35GdN4O9. The molecule has 2 aliphatic rings. The summed E-state index contributed by atoms with van der Waals surface area (Å²) in [6.45, 7) is 5.06. The third kappa shape index (κ3) is 12.5. The Balaban J connectivity index is 0.00000612. The standard InChI is InChI=1S/C21H38N4O9.Gd/c1-21(2)33-14-16(17(26)15-34-21)25-9-7-23(12-19(29)30)5-3-22(11-18(27)28)4-6-24(8-10-25)13-20(31)32;/h16-17,26H,3-15H2,1-2H3,(H,27,28)(H,29,30)(H,31,32);/q;+3/p-3. The minimum Gasteiger partial charge on any atom is -0.549 e. The zero-order valence-electron chi connectivity index (χ0n) is 20.2. The maximum atomic E-state index is 11.3. The van der Waals surface area contributed by atoms with Gasteiger partial charge in [0.2, 0.25) is 0 Å². The Morgan fingerprint density at radius 1 is 0.743 bits per heavy atom. The molecule has 0 aromatic heterocycles. The summed E-state index contributed by atoms with van der Waals surface area (Å²) in [4.78, 5) is 40.5. The Hall–Kier alpha value is -0.545. The van der Waals surface area contributed by atoms with Crippen LogP contribution in [0.2, 0.25) is 0 Å². The van der Waals surface area contributed by atoms with Gasteiger partial charge in [-0.2, -0.15) is 0 Å². The smallest absolute Gasteiger partial charge is 0.549 e. The van der Waals surface area contributed by atoms with Crippen LogP contribution in [0.15, 0.2) is 0 Å². The van der Waals surface area contributed by atoms with E-state index in [9.17, 15) is 34.8 Å². The predicted octanol–water partition coefficient (Wildman–Crippen LogP) is -6.03. The number of ether oxygens (including phenoxy) is 2. The van der Waals surface area contributed by atoms with Crippen LogP contribution in [0.25, 0.3) is 0 Å². The average molecular weight is 645 g/mol. The Morgan fingerprint density at radius 3 is 1.46 bits per heavy atom. The van der Waals surface area contributed by atoms with Crippen molar-refractivity contribution in [2.45, 2.75) is 31.8 Å². The first kappa shape index (κ1) is 32.5. The van der Waals surface area contributed by atoms with E-state index in [2.05, 4.69) is 0 Å². The van der Waals surface area contributed by atoms with Crippen LogP contribution in [-0.2, 0) is 23.9 Å². The minimum atomic E-state index is -1.27. The Bertz CT molecular complexity index is 668. The van der Waals surface area contributed by atoms with Crippen molar-refractivity contribution in [1.29, 1.82) is 0 Å². The minimum absolute atomic E-state index is 0. The van der Waals surface area contributed by atoms with Crippen LogP contribution in [0.3, 0.4) is 0 Å². The van der Waals surface area contributed by atoms with Gasteiger partial charge in [-0.15, -0.1) is 0 Å². The second kappa shape index (κ2) is 15.6. The molecule has 2 saturated heterocycles. The third-order valence-electron chi connectivity index (χ3n) is 6.05. The summed E-state index contributed by atoms with van der Waals surface area (Å²) < 4.78 is 11.4. The van der Waals surface area contributed by atoms with Crippen LogP contribution in [0, 0.1) is 39.9 Å². The number of aliphatic hydroxyl groups excluding tert-OH is 1. The molecule has 0 aliphatic carbocycles. The zero-order valence-corrected chi connectivity index (χ0v) is 22.5. The number of carboxylic acid groups (broad SMARTS) is 3. The molecule has 14 heteroatoms. The number of carbonyl (C=O) groups excluding carboxylic acids is 3. The van der Waals surface area contributed by atoms with Gasteiger partial charge in [0.15, 0.2) is 5.79 Å². The molecule has 2 atom stereocenters. The molecule has 1 radical (unpaired) electrons. The monoisotopic (exact) mass is 645 g/mol. The van der Waals surface area contributed by atoms with Gasteiger partial charge in [-0.05, 0) is 13.8 Å². The summed E-state index contributed by atoms with van der Waals surface area (Å²) in [5.74, 6) is -4.65. The van der Waals surface area contributed by atoms with Crippen molar-refractivity contribution in [2.24, 2.45) is 0 Å². The summed E-state index contributed by atoms with van der Waals surface area (Å²) in [7, 11) is 0. The van der Waals surface area contributed by atoms with E-state index >= 15 is 0 Å². The molecule has 0 aromatic carbocycles. The molecule has 2 rings (SSSR count). The number of aliphatic hydroxyl groups is 1. The van der Waals surface area contributed by atoms with E-state index in [1.165, 1.54) is 0 Å². The van der Waals surface area contributed by atoms with Crippen LogP contribution >= 0.6 is 0 Å². The van der Waals surface area contributed by atoms with E-state index in [0.717, 1.165) is 0 Å². The van der Waals surface area contributed by atoms with Gasteiger partial charge in [0, 0.05) is 72.0 Å². The normalized spacial score (nSPS) is 26.5. The SMILES string of the molecule is CC1(C)OCC(O)C(N2CCN(CC(=O)[O-])CCN(CC(=O)[O-])CCN(CC(=O)[O-])CC2)CO1.[Gd+3]. The Kier molecular flexibility index (Phi) is 14.5. The van der Waals surface area contributed by atoms with Crippen LogP contribution < -0.4 is 15.3 Å².